The molecule has 4 heteroatoms. The van der Waals surface area contributed by atoms with Crippen LogP contribution in [0.2, 0.25) is 0 Å². The van der Waals surface area contributed by atoms with Crippen LogP contribution in [-0.2, 0) is 4.79 Å². The maximum Gasteiger partial charge on any atom is 0.248 e. The van der Waals surface area contributed by atoms with Gasteiger partial charge in [-0.25, -0.2) is 0 Å². The fraction of sp³-hybridized carbons (Fsp3) is 0.250. The summed E-state index contributed by atoms with van der Waals surface area (Å²) in [6.45, 7) is 4.20. The molecule has 4 nitrogen and oxygen atoms in total. The number of rotatable bonds is 6. The van der Waals surface area contributed by atoms with E-state index in [1.807, 2.05) is 42.5 Å². The van der Waals surface area contributed by atoms with Crippen LogP contribution in [0, 0.1) is 0 Å². The maximum absolute atomic E-state index is 12.2. The van der Waals surface area contributed by atoms with E-state index >= 15 is 0 Å². The van der Waals surface area contributed by atoms with Crippen molar-refractivity contribution in [3.63, 3.8) is 0 Å². The minimum Gasteiger partial charge on any atom is -0.497 e. The van der Waals surface area contributed by atoms with Crippen molar-refractivity contribution >= 4 is 17.7 Å². The lowest BCUT2D eigenvalue weighted by Crippen LogP contribution is -2.10. The Hall–Kier alpha value is -2.75. The van der Waals surface area contributed by atoms with Gasteiger partial charge in [-0.1, -0.05) is 32.0 Å². The Morgan fingerprint density at radius 1 is 1.08 bits per heavy atom. The first-order valence-corrected chi connectivity index (χ1v) is 7.85. The molecule has 0 heterocycles. The summed E-state index contributed by atoms with van der Waals surface area (Å²) >= 11 is 0. The van der Waals surface area contributed by atoms with E-state index in [4.69, 9.17) is 9.47 Å². The lowest BCUT2D eigenvalue weighted by Gasteiger charge is -2.12. The van der Waals surface area contributed by atoms with Crippen molar-refractivity contribution < 1.29 is 14.3 Å². The Morgan fingerprint density at radius 2 is 1.83 bits per heavy atom. The molecule has 0 atom stereocenters. The van der Waals surface area contributed by atoms with Gasteiger partial charge in [0.05, 0.1) is 14.2 Å². The summed E-state index contributed by atoms with van der Waals surface area (Å²) in [6.07, 6.45) is 3.21. The largest absolute Gasteiger partial charge is 0.497 e. The smallest absolute Gasteiger partial charge is 0.248 e. The molecule has 0 aliphatic rings. The Morgan fingerprint density at radius 3 is 2.50 bits per heavy atom. The second-order valence-electron chi connectivity index (χ2n) is 5.67. The Bertz CT molecular complexity index is 735. The monoisotopic (exact) mass is 325 g/mol. The summed E-state index contributed by atoms with van der Waals surface area (Å²) < 4.78 is 10.5. The molecule has 0 fully saturated rings. The predicted octanol–water partition coefficient (Wildman–Crippen LogP) is 4.48. The van der Waals surface area contributed by atoms with Gasteiger partial charge in [-0.3, -0.25) is 4.79 Å². The molecule has 0 spiro atoms. The summed E-state index contributed by atoms with van der Waals surface area (Å²) in [7, 11) is 3.20. The molecular formula is C20H23NO3. The highest BCUT2D eigenvalue weighted by molar-refractivity contribution is 6.02. The fourth-order valence-electron chi connectivity index (χ4n) is 2.42. The number of benzene rings is 2. The van der Waals surface area contributed by atoms with E-state index in [0.29, 0.717) is 17.4 Å². The third kappa shape index (κ3) is 4.38. The number of hydrogen-bond donors (Lipinski definition) is 1. The van der Waals surface area contributed by atoms with Gasteiger partial charge in [0.1, 0.15) is 11.5 Å². The number of amides is 1. The van der Waals surface area contributed by atoms with Crippen molar-refractivity contribution in [2.75, 3.05) is 19.5 Å². The molecule has 0 aliphatic carbocycles. The lowest BCUT2D eigenvalue weighted by molar-refractivity contribution is -0.111. The molecule has 1 N–H and O–H groups in total. The summed E-state index contributed by atoms with van der Waals surface area (Å²) in [5, 5.41) is 2.93. The SMILES string of the molecule is COc1ccc(OC)c(/C=C/C(=O)Nc2ccccc2C(C)C)c1. The van der Waals surface area contributed by atoms with Crippen LogP contribution < -0.4 is 14.8 Å². The molecule has 2 rings (SSSR count). The number of ether oxygens (including phenoxy) is 2. The molecule has 0 bridgehead atoms. The van der Waals surface area contributed by atoms with Crippen LogP contribution in [0.15, 0.2) is 48.5 Å². The van der Waals surface area contributed by atoms with Crippen LogP contribution in [0.25, 0.3) is 6.08 Å². The maximum atomic E-state index is 12.2. The Labute approximate surface area is 143 Å². The zero-order valence-corrected chi connectivity index (χ0v) is 14.5. The van der Waals surface area contributed by atoms with E-state index in [-0.39, 0.29) is 5.91 Å². The van der Waals surface area contributed by atoms with E-state index in [0.717, 1.165) is 16.8 Å². The lowest BCUT2D eigenvalue weighted by atomic mass is 10.0. The fourth-order valence-corrected chi connectivity index (χ4v) is 2.42. The van der Waals surface area contributed by atoms with Crippen LogP contribution in [0.5, 0.6) is 11.5 Å². The molecule has 0 saturated carbocycles. The first-order valence-electron chi connectivity index (χ1n) is 7.85. The Kier molecular flexibility index (Phi) is 6.01. The normalized spacial score (nSPS) is 10.9. The van der Waals surface area contributed by atoms with Crippen molar-refractivity contribution in [2.24, 2.45) is 0 Å². The molecule has 0 aromatic heterocycles. The average Bonchev–Trinajstić information content (AvgIpc) is 2.59. The highest BCUT2D eigenvalue weighted by Crippen LogP contribution is 2.26. The van der Waals surface area contributed by atoms with E-state index in [1.165, 1.54) is 6.08 Å². The zero-order valence-electron chi connectivity index (χ0n) is 14.5. The van der Waals surface area contributed by atoms with Gasteiger partial charge in [-0.2, -0.15) is 0 Å². The second kappa shape index (κ2) is 8.20. The number of carbonyl (C=O) groups excluding carboxylic acids is 1. The first kappa shape index (κ1) is 17.6. The average molecular weight is 325 g/mol. The summed E-state index contributed by atoms with van der Waals surface area (Å²) in [6, 6.07) is 13.3. The van der Waals surface area contributed by atoms with Crippen molar-refractivity contribution in [3.8, 4) is 11.5 Å². The molecule has 0 saturated heterocycles. The third-order valence-corrected chi connectivity index (χ3v) is 3.69. The Balaban J connectivity index is 2.17. The van der Waals surface area contributed by atoms with E-state index in [1.54, 1.807) is 20.3 Å². The van der Waals surface area contributed by atoms with Gasteiger partial charge in [-0.15, -0.1) is 0 Å². The number of para-hydroxylation sites is 1. The van der Waals surface area contributed by atoms with Gasteiger partial charge in [0, 0.05) is 17.3 Å². The predicted molar refractivity (Wildman–Crippen MR) is 97.7 cm³/mol. The van der Waals surface area contributed by atoms with Gasteiger partial charge in [-0.05, 0) is 41.8 Å². The first-order chi connectivity index (χ1) is 11.5. The van der Waals surface area contributed by atoms with Gasteiger partial charge in [0.25, 0.3) is 0 Å². The number of nitrogens with one attached hydrogen (secondary N) is 1. The molecule has 1 amide bonds. The van der Waals surface area contributed by atoms with Crippen LogP contribution in [0.1, 0.15) is 30.9 Å². The van der Waals surface area contributed by atoms with Crippen molar-refractivity contribution in [1.82, 2.24) is 0 Å². The quantitative estimate of drug-likeness (QED) is 0.797. The number of hydrogen-bond acceptors (Lipinski definition) is 3. The minimum atomic E-state index is -0.187. The number of methoxy groups -OCH3 is 2. The van der Waals surface area contributed by atoms with Gasteiger partial charge in [0.2, 0.25) is 5.91 Å². The summed E-state index contributed by atoms with van der Waals surface area (Å²) in [4.78, 5) is 12.2. The molecule has 0 unspecified atom stereocenters. The van der Waals surface area contributed by atoms with E-state index in [9.17, 15) is 4.79 Å². The van der Waals surface area contributed by atoms with E-state index in [2.05, 4.69) is 19.2 Å². The van der Waals surface area contributed by atoms with Crippen LogP contribution in [-0.4, -0.2) is 20.1 Å². The third-order valence-electron chi connectivity index (χ3n) is 3.69. The second-order valence-corrected chi connectivity index (χ2v) is 5.67. The van der Waals surface area contributed by atoms with Gasteiger partial charge < -0.3 is 14.8 Å². The highest BCUT2D eigenvalue weighted by Gasteiger charge is 2.08. The molecule has 2 aromatic rings. The van der Waals surface area contributed by atoms with Crippen LogP contribution in [0.3, 0.4) is 0 Å². The molecule has 0 radical (unpaired) electrons. The summed E-state index contributed by atoms with van der Waals surface area (Å²) in [5.41, 5.74) is 2.72. The van der Waals surface area contributed by atoms with Crippen molar-refractivity contribution in [3.05, 3.63) is 59.7 Å². The number of carbonyl (C=O) groups is 1. The van der Waals surface area contributed by atoms with Gasteiger partial charge in [0.15, 0.2) is 0 Å². The molecule has 24 heavy (non-hydrogen) atoms. The summed E-state index contributed by atoms with van der Waals surface area (Å²) in [5.74, 6) is 1.54. The van der Waals surface area contributed by atoms with Crippen molar-refractivity contribution in [1.29, 1.82) is 0 Å². The molecular weight excluding hydrogens is 302 g/mol. The topological polar surface area (TPSA) is 47.6 Å². The zero-order chi connectivity index (χ0) is 17.5. The van der Waals surface area contributed by atoms with Gasteiger partial charge >= 0.3 is 0 Å². The van der Waals surface area contributed by atoms with Crippen LogP contribution in [0.4, 0.5) is 5.69 Å². The minimum absolute atomic E-state index is 0.187. The van der Waals surface area contributed by atoms with Crippen molar-refractivity contribution in [2.45, 2.75) is 19.8 Å². The number of anilines is 1. The molecule has 0 aliphatic heterocycles. The van der Waals surface area contributed by atoms with E-state index < -0.39 is 0 Å². The van der Waals surface area contributed by atoms with Crippen LogP contribution >= 0.6 is 0 Å². The molecule has 2 aromatic carbocycles. The highest BCUT2D eigenvalue weighted by atomic mass is 16.5. The standard InChI is InChI=1S/C20H23NO3/c1-14(2)17-7-5-6-8-18(17)21-20(22)12-9-15-13-16(23-3)10-11-19(15)24-4/h5-14H,1-4H3,(H,21,22)/b12-9+. The molecule has 126 valence electrons.